The second-order valence-electron chi connectivity index (χ2n) is 12.4. The summed E-state index contributed by atoms with van der Waals surface area (Å²) in [6.45, 7) is 14.2. The van der Waals surface area contributed by atoms with Crippen LogP contribution in [0.15, 0.2) is 48.5 Å². The summed E-state index contributed by atoms with van der Waals surface area (Å²) in [5.41, 5.74) is 1.22. The third-order valence-electron chi connectivity index (χ3n) is 6.12. The van der Waals surface area contributed by atoms with Crippen molar-refractivity contribution in [2.75, 3.05) is 13.7 Å². The second kappa shape index (κ2) is 11.7. The minimum atomic E-state index is -0.805. The van der Waals surface area contributed by atoms with E-state index < -0.39 is 34.9 Å². The number of ether oxygens (including phenoxy) is 3. The Morgan fingerprint density at radius 1 is 0.825 bits per heavy atom. The Bertz CT molecular complexity index is 1340. The van der Waals surface area contributed by atoms with Gasteiger partial charge in [0, 0.05) is 12.1 Å². The number of nitrogens with zero attached hydrogens (tertiary/aromatic N) is 3. The molecule has 0 unspecified atom stereocenters. The number of fused-ring (bicyclic) bond motifs is 1. The van der Waals surface area contributed by atoms with Gasteiger partial charge in [-0.1, -0.05) is 36.4 Å². The molecule has 0 atom stereocenters. The first-order valence-corrected chi connectivity index (χ1v) is 13.4. The van der Waals surface area contributed by atoms with E-state index in [1.54, 1.807) is 41.5 Å². The van der Waals surface area contributed by atoms with E-state index in [-0.39, 0.29) is 18.8 Å². The fourth-order valence-corrected chi connectivity index (χ4v) is 4.29. The highest BCUT2D eigenvalue weighted by atomic mass is 16.6. The van der Waals surface area contributed by atoms with Crippen LogP contribution < -0.4 is 0 Å². The number of imidazole rings is 1. The maximum absolute atomic E-state index is 13.1. The maximum Gasteiger partial charge on any atom is 0.419 e. The quantitative estimate of drug-likeness (QED) is 0.238. The molecule has 0 aliphatic heterocycles. The van der Waals surface area contributed by atoms with E-state index in [1.165, 1.54) is 7.11 Å². The Morgan fingerprint density at radius 3 is 1.93 bits per heavy atom. The van der Waals surface area contributed by atoms with Gasteiger partial charge in [0.15, 0.2) is 0 Å². The number of amides is 2. The first-order valence-electron chi connectivity index (χ1n) is 13.4. The van der Waals surface area contributed by atoms with Crippen LogP contribution in [0.3, 0.4) is 0 Å². The van der Waals surface area contributed by atoms with Gasteiger partial charge in [-0.25, -0.2) is 24.3 Å². The molecule has 0 aliphatic carbocycles. The Morgan fingerprint density at radius 2 is 1.40 bits per heavy atom. The van der Waals surface area contributed by atoms with Crippen LogP contribution in [0, 0.1) is 0 Å². The highest BCUT2D eigenvalue weighted by molar-refractivity contribution is 5.91. The highest BCUT2D eigenvalue weighted by Crippen LogP contribution is 2.31. The third kappa shape index (κ3) is 7.83. The first-order chi connectivity index (χ1) is 18.5. The van der Waals surface area contributed by atoms with Gasteiger partial charge in [-0.2, -0.15) is 0 Å². The van der Waals surface area contributed by atoms with Gasteiger partial charge >= 0.3 is 18.2 Å². The van der Waals surface area contributed by atoms with Gasteiger partial charge in [-0.3, -0.25) is 0 Å². The van der Waals surface area contributed by atoms with Crippen molar-refractivity contribution in [2.24, 2.45) is 0 Å². The van der Waals surface area contributed by atoms with Crippen LogP contribution in [-0.2, 0) is 26.2 Å². The summed E-state index contributed by atoms with van der Waals surface area (Å²) in [7, 11) is 1.31. The molecule has 2 amide bonds. The molecule has 0 radical (unpaired) electrons. The molecule has 40 heavy (non-hydrogen) atoms. The van der Waals surface area contributed by atoms with Crippen LogP contribution in [0.4, 0.5) is 9.59 Å². The molecule has 0 fully saturated rings. The van der Waals surface area contributed by atoms with Crippen LogP contribution in [0.2, 0.25) is 0 Å². The summed E-state index contributed by atoms with van der Waals surface area (Å²) in [4.78, 5) is 44.5. The number of imide groups is 1. The number of aromatic nitrogens is 2. The van der Waals surface area contributed by atoms with Crippen molar-refractivity contribution in [3.05, 3.63) is 65.5 Å². The molecule has 1 aromatic heterocycles. The van der Waals surface area contributed by atoms with Crippen molar-refractivity contribution in [3.63, 3.8) is 0 Å². The zero-order chi connectivity index (χ0) is 29.9. The number of methoxy groups -OCH3 is 1. The lowest BCUT2D eigenvalue weighted by Crippen LogP contribution is -2.45. The van der Waals surface area contributed by atoms with Gasteiger partial charge in [-0.05, 0) is 91.5 Å². The van der Waals surface area contributed by atoms with Crippen LogP contribution in [0.5, 0.6) is 0 Å². The van der Waals surface area contributed by atoms with Crippen LogP contribution in [0.25, 0.3) is 11.0 Å². The molecule has 0 spiro atoms. The van der Waals surface area contributed by atoms with Crippen molar-refractivity contribution in [1.82, 2.24) is 14.5 Å². The predicted octanol–water partition coefficient (Wildman–Crippen LogP) is 6.71. The number of hydrogen-bond acceptors (Lipinski definition) is 7. The standard InChI is InChI=1S/C31H41N3O6/c1-29(2,3)39-27(36)33(28(37)40-30(4,5)6)18-17-31(7,8)34-24-20-22(19-21-13-11-10-12-14-21)15-16-23(24)32-25(34)26(35)38-9/h10-16,20H,17-19H2,1-9H3. The van der Waals surface area contributed by atoms with E-state index in [0.29, 0.717) is 11.9 Å². The van der Waals surface area contributed by atoms with E-state index in [1.807, 2.05) is 54.8 Å². The molecule has 3 rings (SSSR count). The topological polar surface area (TPSA) is 100.0 Å². The molecule has 216 valence electrons. The molecular weight excluding hydrogens is 510 g/mol. The molecule has 0 N–H and O–H groups in total. The Balaban J connectivity index is 2.00. The van der Waals surface area contributed by atoms with Gasteiger partial charge in [-0.15, -0.1) is 0 Å². The number of benzene rings is 2. The minimum absolute atomic E-state index is 0.0131. The Hall–Kier alpha value is -3.88. The van der Waals surface area contributed by atoms with Gasteiger partial charge in [0.2, 0.25) is 5.82 Å². The number of esters is 1. The Labute approximate surface area is 236 Å². The lowest BCUT2D eigenvalue weighted by molar-refractivity contribution is -0.000264. The average Bonchev–Trinajstić information content (AvgIpc) is 3.22. The smallest absolute Gasteiger partial charge is 0.419 e. The van der Waals surface area contributed by atoms with Gasteiger partial charge in [0.25, 0.3) is 0 Å². The number of rotatable bonds is 7. The van der Waals surface area contributed by atoms with Crippen molar-refractivity contribution < 1.29 is 28.6 Å². The highest BCUT2D eigenvalue weighted by Gasteiger charge is 2.35. The monoisotopic (exact) mass is 551 g/mol. The summed E-state index contributed by atoms with van der Waals surface area (Å²) in [5, 5.41) is 0. The minimum Gasteiger partial charge on any atom is -0.463 e. The normalized spacial score (nSPS) is 12.2. The van der Waals surface area contributed by atoms with Crippen LogP contribution >= 0.6 is 0 Å². The number of carbonyl (C=O) groups excluding carboxylic acids is 3. The van der Waals surface area contributed by atoms with Gasteiger partial charge < -0.3 is 18.8 Å². The zero-order valence-corrected chi connectivity index (χ0v) is 25.0. The summed E-state index contributed by atoms with van der Waals surface area (Å²) < 4.78 is 17.9. The number of carbonyl (C=O) groups is 3. The van der Waals surface area contributed by atoms with Crippen molar-refractivity contribution in [2.45, 2.75) is 85.0 Å². The molecule has 9 nitrogen and oxygen atoms in total. The SMILES string of the molecule is COC(=O)c1nc2ccc(Cc3ccccc3)cc2n1C(C)(C)CCN(C(=O)OC(C)(C)C)C(=O)OC(C)(C)C. The summed E-state index contributed by atoms with van der Waals surface area (Å²) in [5.74, 6) is -0.439. The summed E-state index contributed by atoms with van der Waals surface area (Å²) in [6.07, 6.45) is -0.608. The molecule has 1 heterocycles. The molecule has 9 heteroatoms. The summed E-state index contributed by atoms with van der Waals surface area (Å²) >= 11 is 0. The fraction of sp³-hybridized carbons (Fsp3) is 0.484. The van der Waals surface area contributed by atoms with Crippen molar-refractivity contribution >= 4 is 29.2 Å². The second-order valence-corrected chi connectivity index (χ2v) is 12.4. The maximum atomic E-state index is 13.1. The molecule has 2 aromatic carbocycles. The van der Waals surface area contributed by atoms with Gasteiger partial charge in [0.1, 0.15) is 11.2 Å². The average molecular weight is 552 g/mol. The van der Waals surface area contributed by atoms with Crippen molar-refractivity contribution in [1.29, 1.82) is 0 Å². The zero-order valence-electron chi connectivity index (χ0n) is 25.0. The van der Waals surface area contributed by atoms with Crippen molar-refractivity contribution in [3.8, 4) is 0 Å². The van der Waals surface area contributed by atoms with Gasteiger partial charge in [0.05, 0.1) is 18.1 Å². The third-order valence-corrected chi connectivity index (χ3v) is 6.12. The number of hydrogen-bond donors (Lipinski definition) is 0. The van der Waals surface area contributed by atoms with E-state index in [2.05, 4.69) is 17.1 Å². The Kier molecular flexibility index (Phi) is 8.97. The van der Waals surface area contributed by atoms with E-state index in [0.717, 1.165) is 21.5 Å². The largest absolute Gasteiger partial charge is 0.463 e. The van der Waals surface area contributed by atoms with E-state index >= 15 is 0 Å². The molecule has 0 bridgehead atoms. The molecule has 0 saturated heterocycles. The predicted molar refractivity (Wildman–Crippen MR) is 153 cm³/mol. The lowest BCUT2D eigenvalue weighted by atomic mass is 9.98. The fourth-order valence-electron chi connectivity index (χ4n) is 4.29. The summed E-state index contributed by atoms with van der Waals surface area (Å²) in [6, 6.07) is 16.0. The molecule has 0 saturated carbocycles. The molecular formula is C31H41N3O6. The van der Waals surface area contributed by atoms with E-state index in [4.69, 9.17) is 14.2 Å². The molecule has 3 aromatic rings. The lowest BCUT2D eigenvalue weighted by Gasteiger charge is -2.33. The van der Waals surface area contributed by atoms with Crippen LogP contribution in [0.1, 0.15) is 83.6 Å². The molecule has 0 aliphatic rings. The van der Waals surface area contributed by atoms with E-state index in [9.17, 15) is 14.4 Å². The first kappa shape index (κ1) is 30.7. The van der Waals surface area contributed by atoms with Crippen LogP contribution in [-0.4, -0.2) is 57.5 Å².